The van der Waals surface area contributed by atoms with Crippen molar-refractivity contribution in [2.75, 3.05) is 32.5 Å². The van der Waals surface area contributed by atoms with Crippen LogP contribution >= 0.6 is 0 Å². The van der Waals surface area contributed by atoms with Gasteiger partial charge in [0.15, 0.2) is 0 Å². The van der Waals surface area contributed by atoms with Crippen molar-refractivity contribution >= 4 is 5.82 Å². The number of pyridine rings is 1. The summed E-state index contributed by atoms with van der Waals surface area (Å²) in [6.45, 7) is 1.94. The van der Waals surface area contributed by atoms with E-state index in [1.807, 2.05) is 6.20 Å². The van der Waals surface area contributed by atoms with Crippen molar-refractivity contribution in [3.8, 4) is 0 Å². The number of likely N-dealkylation sites (N-methyl/N-ethyl adjacent to an activating group) is 1. The van der Waals surface area contributed by atoms with Crippen LogP contribution in [0.15, 0.2) is 48.7 Å². The highest BCUT2D eigenvalue weighted by molar-refractivity contribution is 5.40. The molecule has 1 aromatic heterocycles. The maximum absolute atomic E-state index is 4.54. The number of anilines is 1. The molecule has 0 spiro atoms. The fraction of sp³-hybridized carbons (Fsp3) is 0.389. The lowest BCUT2D eigenvalue weighted by Crippen LogP contribution is -2.21. The van der Waals surface area contributed by atoms with Gasteiger partial charge in [-0.2, -0.15) is 0 Å². The van der Waals surface area contributed by atoms with Crippen LogP contribution in [0.3, 0.4) is 0 Å². The van der Waals surface area contributed by atoms with Gasteiger partial charge in [0.2, 0.25) is 0 Å². The zero-order valence-electron chi connectivity index (χ0n) is 12.8. The van der Waals surface area contributed by atoms with E-state index in [-0.39, 0.29) is 0 Å². The van der Waals surface area contributed by atoms with Gasteiger partial charge in [0.25, 0.3) is 0 Å². The van der Waals surface area contributed by atoms with Crippen molar-refractivity contribution in [1.82, 2.24) is 9.88 Å². The molecule has 1 aromatic carbocycles. The summed E-state index contributed by atoms with van der Waals surface area (Å²) in [6.07, 6.45) is 3.28. The molecule has 1 fully saturated rings. The van der Waals surface area contributed by atoms with Gasteiger partial charge in [-0.05, 0) is 49.5 Å². The van der Waals surface area contributed by atoms with Crippen LogP contribution in [0.25, 0.3) is 0 Å². The second kappa shape index (κ2) is 6.27. The largest absolute Gasteiger partial charge is 0.369 e. The minimum atomic E-state index is 0.649. The van der Waals surface area contributed by atoms with Gasteiger partial charge < -0.3 is 10.2 Å². The Labute approximate surface area is 127 Å². The van der Waals surface area contributed by atoms with Crippen molar-refractivity contribution in [1.29, 1.82) is 0 Å². The molecule has 0 bridgehead atoms. The summed E-state index contributed by atoms with van der Waals surface area (Å²) in [4.78, 5) is 6.70. The number of benzene rings is 1. The Morgan fingerprint density at radius 2 is 1.81 bits per heavy atom. The summed E-state index contributed by atoms with van der Waals surface area (Å²) in [7, 11) is 4.16. The first kappa shape index (κ1) is 14.1. The molecule has 1 heterocycles. The van der Waals surface area contributed by atoms with Crippen molar-refractivity contribution < 1.29 is 0 Å². The van der Waals surface area contributed by atoms with Crippen LogP contribution in [0.2, 0.25) is 0 Å². The van der Waals surface area contributed by atoms with Gasteiger partial charge >= 0.3 is 0 Å². The highest BCUT2D eigenvalue weighted by Gasteiger charge is 2.39. The fourth-order valence-electron chi connectivity index (χ4n) is 2.77. The van der Waals surface area contributed by atoms with Crippen molar-refractivity contribution in [2.24, 2.45) is 0 Å². The van der Waals surface area contributed by atoms with Crippen LogP contribution in [0.4, 0.5) is 5.82 Å². The van der Waals surface area contributed by atoms with Crippen LogP contribution in [0, 0.1) is 0 Å². The molecule has 0 saturated heterocycles. The van der Waals surface area contributed by atoms with Gasteiger partial charge in [0.1, 0.15) is 5.82 Å². The molecule has 1 saturated carbocycles. The van der Waals surface area contributed by atoms with E-state index in [0.717, 1.165) is 18.9 Å². The topological polar surface area (TPSA) is 28.2 Å². The maximum atomic E-state index is 4.54. The molecule has 1 aliphatic carbocycles. The highest BCUT2D eigenvalue weighted by Crippen LogP contribution is 2.54. The first-order valence-electron chi connectivity index (χ1n) is 7.63. The van der Waals surface area contributed by atoms with Crippen LogP contribution < -0.4 is 5.32 Å². The third-order valence-electron chi connectivity index (χ3n) is 4.10. The van der Waals surface area contributed by atoms with E-state index in [1.165, 1.54) is 17.5 Å². The van der Waals surface area contributed by atoms with Crippen LogP contribution in [0.5, 0.6) is 0 Å². The van der Waals surface area contributed by atoms with E-state index in [4.69, 9.17) is 0 Å². The molecule has 2 atom stereocenters. The Bertz CT molecular complexity index is 563. The van der Waals surface area contributed by atoms with Gasteiger partial charge in [0, 0.05) is 19.3 Å². The minimum Gasteiger partial charge on any atom is -0.369 e. The monoisotopic (exact) mass is 281 g/mol. The number of hydrogen-bond acceptors (Lipinski definition) is 3. The molecule has 110 valence electrons. The third kappa shape index (κ3) is 3.61. The molecule has 3 heteroatoms. The predicted molar refractivity (Wildman–Crippen MR) is 87.8 cm³/mol. The van der Waals surface area contributed by atoms with Gasteiger partial charge in [-0.3, -0.25) is 0 Å². The first-order valence-corrected chi connectivity index (χ1v) is 7.63. The molecule has 0 radical (unpaired) electrons. The van der Waals surface area contributed by atoms with Crippen LogP contribution in [0.1, 0.15) is 29.4 Å². The molecule has 0 aliphatic heterocycles. The minimum absolute atomic E-state index is 0.649. The number of nitrogens with zero attached hydrogens (tertiary/aromatic N) is 2. The second-order valence-electron chi connectivity index (χ2n) is 6.07. The summed E-state index contributed by atoms with van der Waals surface area (Å²) in [5, 5.41) is 3.35. The van der Waals surface area contributed by atoms with E-state index in [9.17, 15) is 0 Å². The molecule has 0 amide bonds. The second-order valence-corrected chi connectivity index (χ2v) is 6.07. The van der Waals surface area contributed by atoms with Crippen molar-refractivity contribution in [3.63, 3.8) is 0 Å². The smallest absolute Gasteiger partial charge is 0.125 e. The SMILES string of the molecule is CN(C)CCNc1ccc([C@@H]2C[C@H]2c2ccccc2)cn1. The van der Waals surface area contributed by atoms with E-state index in [1.54, 1.807) is 0 Å². The number of aromatic nitrogens is 1. The molecule has 1 N–H and O–H groups in total. The number of hydrogen-bond donors (Lipinski definition) is 1. The Morgan fingerprint density at radius 3 is 2.48 bits per heavy atom. The summed E-state index contributed by atoms with van der Waals surface area (Å²) in [5.74, 6) is 2.30. The van der Waals surface area contributed by atoms with Crippen LogP contribution in [-0.2, 0) is 0 Å². The molecule has 0 unspecified atom stereocenters. The normalized spacial score (nSPS) is 20.5. The average molecular weight is 281 g/mol. The Kier molecular flexibility index (Phi) is 4.20. The molecule has 2 aromatic rings. The standard InChI is InChI=1S/C18H23N3/c1-21(2)11-10-19-18-9-8-15(13-20-18)17-12-16(17)14-6-4-3-5-7-14/h3-9,13,16-17H,10-12H2,1-2H3,(H,19,20)/t16-,17-/m0/s1. The van der Waals surface area contributed by atoms with Gasteiger partial charge in [0.05, 0.1) is 0 Å². The number of nitrogens with one attached hydrogen (secondary N) is 1. The zero-order chi connectivity index (χ0) is 14.7. The first-order chi connectivity index (χ1) is 10.2. The lowest BCUT2D eigenvalue weighted by molar-refractivity contribution is 0.425. The highest BCUT2D eigenvalue weighted by atomic mass is 15.1. The summed E-state index contributed by atoms with van der Waals surface area (Å²) < 4.78 is 0. The van der Waals surface area contributed by atoms with Crippen molar-refractivity contribution in [3.05, 3.63) is 59.8 Å². The van der Waals surface area contributed by atoms with E-state index < -0.39 is 0 Å². The molecular weight excluding hydrogens is 258 g/mol. The lowest BCUT2D eigenvalue weighted by Gasteiger charge is -2.11. The van der Waals surface area contributed by atoms with Gasteiger partial charge in [-0.25, -0.2) is 4.98 Å². The maximum Gasteiger partial charge on any atom is 0.125 e. The van der Waals surface area contributed by atoms with Crippen LogP contribution in [-0.4, -0.2) is 37.1 Å². The third-order valence-corrected chi connectivity index (χ3v) is 4.10. The summed E-state index contributed by atoms with van der Waals surface area (Å²) in [5.41, 5.74) is 2.82. The van der Waals surface area contributed by atoms with Gasteiger partial charge in [-0.1, -0.05) is 36.4 Å². The van der Waals surface area contributed by atoms with E-state index >= 15 is 0 Å². The zero-order valence-corrected chi connectivity index (χ0v) is 12.8. The number of rotatable bonds is 6. The lowest BCUT2D eigenvalue weighted by atomic mass is 10.1. The average Bonchev–Trinajstić information content (AvgIpc) is 3.29. The Morgan fingerprint density at radius 1 is 1.05 bits per heavy atom. The van der Waals surface area contributed by atoms with Gasteiger partial charge in [-0.15, -0.1) is 0 Å². The Hall–Kier alpha value is -1.87. The molecular formula is C18H23N3. The summed E-state index contributed by atoms with van der Waals surface area (Å²) >= 11 is 0. The van der Waals surface area contributed by atoms with Crippen molar-refractivity contribution in [2.45, 2.75) is 18.3 Å². The molecule has 3 nitrogen and oxygen atoms in total. The predicted octanol–water partition coefficient (Wildman–Crippen LogP) is 3.33. The van der Waals surface area contributed by atoms with E-state index in [0.29, 0.717) is 11.8 Å². The molecule has 1 aliphatic rings. The molecule has 21 heavy (non-hydrogen) atoms. The fourth-order valence-corrected chi connectivity index (χ4v) is 2.77. The van der Waals surface area contributed by atoms with E-state index in [2.05, 4.69) is 71.8 Å². The quantitative estimate of drug-likeness (QED) is 0.880. The molecule has 3 rings (SSSR count). The Balaban J connectivity index is 1.56. The summed E-state index contributed by atoms with van der Waals surface area (Å²) in [6, 6.07) is 15.1.